The number of carbonyl (C=O) groups excluding carboxylic acids is 2. The molecule has 0 heterocycles. The van der Waals surface area contributed by atoms with Crippen LogP contribution in [0.25, 0.3) is 0 Å². The van der Waals surface area contributed by atoms with Gasteiger partial charge in [0.15, 0.2) is 0 Å². The van der Waals surface area contributed by atoms with Crippen molar-refractivity contribution < 1.29 is 9.59 Å². The lowest BCUT2D eigenvalue weighted by Crippen LogP contribution is -2.39. The maximum absolute atomic E-state index is 11.9. The lowest BCUT2D eigenvalue weighted by Gasteiger charge is -2.10. The number of aryl methyl sites for hydroxylation is 2. The average molecular weight is 437 g/mol. The van der Waals surface area contributed by atoms with Crippen molar-refractivity contribution in [2.75, 3.05) is 11.9 Å². The van der Waals surface area contributed by atoms with Crippen LogP contribution in [0.4, 0.5) is 10.5 Å². The van der Waals surface area contributed by atoms with E-state index in [9.17, 15) is 9.59 Å². The van der Waals surface area contributed by atoms with E-state index >= 15 is 0 Å². The molecule has 6 heteroatoms. The lowest BCUT2D eigenvalue weighted by atomic mass is 10.1. The molecule has 0 bridgehead atoms. The Bertz CT molecular complexity index is 730. The second kappa shape index (κ2) is 8.68. The van der Waals surface area contributed by atoms with E-state index in [4.69, 9.17) is 0 Å². The number of anilines is 1. The van der Waals surface area contributed by atoms with Crippen molar-refractivity contribution in [2.45, 2.75) is 20.4 Å². The largest absolute Gasteiger partial charge is 0.334 e. The van der Waals surface area contributed by atoms with Crippen LogP contribution >= 0.6 is 22.6 Å². The van der Waals surface area contributed by atoms with Gasteiger partial charge in [0.05, 0.1) is 6.54 Å². The molecule has 0 saturated heterocycles. The minimum Gasteiger partial charge on any atom is -0.334 e. The monoisotopic (exact) mass is 437 g/mol. The fourth-order valence-electron chi connectivity index (χ4n) is 2.07. The molecule has 0 radical (unpaired) electrons. The van der Waals surface area contributed by atoms with Crippen LogP contribution in [0, 0.1) is 17.4 Å². The van der Waals surface area contributed by atoms with E-state index in [1.165, 1.54) is 5.56 Å². The van der Waals surface area contributed by atoms with E-state index < -0.39 is 0 Å². The molecule has 0 aliphatic heterocycles. The molecule has 24 heavy (non-hydrogen) atoms. The van der Waals surface area contributed by atoms with Crippen molar-refractivity contribution >= 4 is 40.2 Å². The summed E-state index contributed by atoms with van der Waals surface area (Å²) in [6.07, 6.45) is 0. The molecule has 2 rings (SSSR count). The van der Waals surface area contributed by atoms with Crippen LogP contribution in [0.1, 0.15) is 16.7 Å². The van der Waals surface area contributed by atoms with Gasteiger partial charge in [-0.25, -0.2) is 4.79 Å². The zero-order valence-corrected chi connectivity index (χ0v) is 15.8. The van der Waals surface area contributed by atoms with Gasteiger partial charge in [0.1, 0.15) is 0 Å². The van der Waals surface area contributed by atoms with Gasteiger partial charge in [-0.1, -0.05) is 29.8 Å². The van der Waals surface area contributed by atoms with E-state index in [1.807, 2.05) is 56.3 Å². The number of hydrogen-bond donors (Lipinski definition) is 3. The average Bonchev–Trinajstić information content (AvgIpc) is 2.55. The van der Waals surface area contributed by atoms with E-state index in [0.717, 1.165) is 20.4 Å². The fraction of sp³-hybridized carbons (Fsp3) is 0.222. The van der Waals surface area contributed by atoms with E-state index in [2.05, 4.69) is 38.5 Å². The van der Waals surface area contributed by atoms with Crippen LogP contribution in [0.15, 0.2) is 42.5 Å². The molecule has 0 saturated carbocycles. The number of nitrogens with one attached hydrogen (secondary N) is 3. The summed E-state index contributed by atoms with van der Waals surface area (Å²) in [5.74, 6) is -0.259. The topological polar surface area (TPSA) is 70.2 Å². The molecule has 5 nitrogen and oxygen atoms in total. The van der Waals surface area contributed by atoms with Gasteiger partial charge in [-0.15, -0.1) is 0 Å². The SMILES string of the molecule is Cc1ccc(CNC(=O)NCC(=O)Nc2ccc(I)cc2C)cc1. The van der Waals surface area contributed by atoms with E-state index in [-0.39, 0.29) is 18.5 Å². The molecule has 2 aromatic carbocycles. The Morgan fingerprint density at radius 1 is 1.00 bits per heavy atom. The minimum absolute atomic E-state index is 0.0782. The third-order valence-corrected chi connectivity index (χ3v) is 4.12. The molecule has 3 N–H and O–H groups in total. The Morgan fingerprint density at radius 3 is 2.38 bits per heavy atom. The van der Waals surface area contributed by atoms with Crippen LogP contribution in [0.2, 0.25) is 0 Å². The van der Waals surface area contributed by atoms with Crippen LogP contribution < -0.4 is 16.0 Å². The predicted octanol–water partition coefficient (Wildman–Crippen LogP) is 3.35. The lowest BCUT2D eigenvalue weighted by molar-refractivity contribution is -0.115. The molecule has 0 spiro atoms. The van der Waals surface area contributed by atoms with Gasteiger partial charge >= 0.3 is 6.03 Å². The number of benzene rings is 2. The molecule has 0 unspecified atom stereocenters. The molecule has 0 atom stereocenters. The summed E-state index contributed by atoms with van der Waals surface area (Å²) in [5, 5.41) is 8.07. The quantitative estimate of drug-likeness (QED) is 0.629. The number of hydrogen-bond acceptors (Lipinski definition) is 2. The molecule has 0 aliphatic carbocycles. The summed E-state index contributed by atoms with van der Waals surface area (Å²) in [7, 11) is 0. The number of amides is 3. The second-order valence-electron chi connectivity index (χ2n) is 5.53. The molecular weight excluding hydrogens is 417 g/mol. The summed E-state index contributed by atoms with van der Waals surface area (Å²) < 4.78 is 1.11. The number of halogens is 1. The smallest absolute Gasteiger partial charge is 0.315 e. The van der Waals surface area contributed by atoms with Gasteiger partial charge in [-0.05, 0) is 65.8 Å². The van der Waals surface area contributed by atoms with Gasteiger partial charge in [-0.2, -0.15) is 0 Å². The minimum atomic E-state index is -0.370. The van der Waals surface area contributed by atoms with Gasteiger partial charge in [0, 0.05) is 15.8 Å². The van der Waals surface area contributed by atoms with Crippen molar-refractivity contribution in [3.05, 3.63) is 62.7 Å². The normalized spacial score (nSPS) is 10.1. The van der Waals surface area contributed by atoms with Crippen LogP contribution in [0.5, 0.6) is 0 Å². The first-order valence-corrected chi connectivity index (χ1v) is 8.65. The van der Waals surface area contributed by atoms with Crippen molar-refractivity contribution in [2.24, 2.45) is 0 Å². The third-order valence-electron chi connectivity index (χ3n) is 3.45. The summed E-state index contributed by atoms with van der Waals surface area (Å²) in [4.78, 5) is 23.7. The summed E-state index contributed by atoms with van der Waals surface area (Å²) in [5.41, 5.74) is 3.92. The number of urea groups is 1. The van der Waals surface area contributed by atoms with Gasteiger partial charge < -0.3 is 16.0 Å². The van der Waals surface area contributed by atoms with Gasteiger partial charge in [-0.3, -0.25) is 4.79 Å². The fourth-order valence-corrected chi connectivity index (χ4v) is 2.72. The van der Waals surface area contributed by atoms with Crippen molar-refractivity contribution in [1.82, 2.24) is 10.6 Å². The highest BCUT2D eigenvalue weighted by Gasteiger charge is 2.07. The number of carbonyl (C=O) groups is 2. The Morgan fingerprint density at radius 2 is 1.71 bits per heavy atom. The Labute approximate surface area is 155 Å². The molecule has 2 aromatic rings. The predicted molar refractivity (Wildman–Crippen MR) is 104 cm³/mol. The van der Waals surface area contributed by atoms with Crippen molar-refractivity contribution in [1.29, 1.82) is 0 Å². The van der Waals surface area contributed by atoms with E-state index in [1.54, 1.807) is 0 Å². The number of rotatable bonds is 5. The standard InChI is InChI=1S/C18H20IN3O2/c1-12-3-5-14(6-4-12)10-20-18(24)21-11-17(23)22-16-8-7-15(19)9-13(16)2/h3-9H,10-11H2,1-2H3,(H,22,23)(H2,20,21,24). The van der Waals surface area contributed by atoms with Gasteiger partial charge in [0.25, 0.3) is 0 Å². The van der Waals surface area contributed by atoms with Crippen LogP contribution in [-0.4, -0.2) is 18.5 Å². The highest BCUT2D eigenvalue weighted by atomic mass is 127. The highest BCUT2D eigenvalue weighted by molar-refractivity contribution is 14.1. The zero-order chi connectivity index (χ0) is 17.5. The maximum atomic E-state index is 11.9. The molecule has 0 aliphatic rings. The maximum Gasteiger partial charge on any atom is 0.315 e. The molecule has 0 fully saturated rings. The van der Waals surface area contributed by atoms with Crippen LogP contribution in [0.3, 0.4) is 0 Å². The first kappa shape index (κ1) is 18.3. The summed E-state index contributed by atoms with van der Waals surface area (Å²) in [6, 6.07) is 13.3. The second-order valence-corrected chi connectivity index (χ2v) is 6.77. The Balaban J connectivity index is 1.74. The summed E-state index contributed by atoms with van der Waals surface area (Å²) >= 11 is 2.22. The zero-order valence-electron chi connectivity index (χ0n) is 13.7. The molecular formula is C18H20IN3O2. The van der Waals surface area contributed by atoms with Crippen LogP contribution in [-0.2, 0) is 11.3 Å². The van der Waals surface area contributed by atoms with Crippen molar-refractivity contribution in [3.63, 3.8) is 0 Å². The Kier molecular flexibility index (Phi) is 6.60. The Hall–Kier alpha value is -2.09. The highest BCUT2D eigenvalue weighted by Crippen LogP contribution is 2.17. The first-order valence-electron chi connectivity index (χ1n) is 7.57. The third kappa shape index (κ3) is 5.84. The molecule has 126 valence electrons. The summed E-state index contributed by atoms with van der Waals surface area (Å²) in [6.45, 7) is 4.28. The van der Waals surface area contributed by atoms with Gasteiger partial charge in [0.2, 0.25) is 5.91 Å². The first-order chi connectivity index (χ1) is 11.4. The van der Waals surface area contributed by atoms with Crippen molar-refractivity contribution in [3.8, 4) is 0 Å². The molecule has 3 amide bonds. The van der Waals surface area contributed by atoms with E-state index in [0.29, 0.717) is 6.54 Å². The molecule has 0 aromatic heterocycles.